The average molecular weight is 334 g/mol. The van der Waals surface area contributed by atoms with Gasteiger partial charge in [0.25, 0.3) is 11.2 Å². The van der Waals surface area contributed by atoms with Crippen molar-refractivity contribution in [3.05, 3.63) is 62.3 Å². The third kappa shape index (κ3) is 3.17. The molecular weight excluding hydrogens is 319 g/mol. The van der Waals surface area contributed by atoms with Crippen molar-refractivity contribution in [3.8, 4) is 11.1 Å². The Labute approximate surface area is 136 Å². The highest BCUT2D eigenvalue weighted by Crippen LogP contribution is 2.26. The fourth-order valence-electron chi connectivity index (χ4n) is 2.32. The van der Waals surface area contributed by atoms with E-state index in [0.29, 0.717) is 5.56 Å². The van der Waals surface area contributed by atoms with Gasteiger partial charge >= 0.3 is 5.97 Å². The minimum atomic E-state index is -0.749. The zero-order chi connectivity index (χ0) is 18.0. The van der Waals surface area contributed by atoms with Gasteiger partial charge in [-0.2, -0.15) is 0 Å². The number of aryl methyl sites for hydroxylation is 1. The molecule has 8 heteroatoms. The molecule has 1 heterocycles. The van der Waals surface area contributed by atoms with Gasteiger partial charge in [0.2, 0.25) is 0 Å². The molecule has 0 aliphatic heterocycles. The minimum Gasteiger partial charge on any atom is -0.469 e. The maximum atomic E-state index is 14.4. The summed E-state index contributed by atoms with van der Waals surface area (Å²) < 4.78 is 20.1. The van der Waals surface area contributed by atoms with Gasteiger partial charge in [0.15, 0.2) is 0 Å². The third-order valence-corrected chi connectivity index (χ3v) is 3.72. The number of hydrogen-bond acceptors (Lipinski definition) is 5. The number of methoxy groups -OCH3 is 1. The number of carbonyl (C=O) groups is 1. The predicted molar refractivity (Wildman–Crippen MR) is 84.2 cm³/mol. The molecular formula is C16H15FN2O5. The number of hydrogen-bond donors (Lipinski definition) is 0. The van der Waals surface area contributed by atoms with Gasteiger partial charge in [-0.15, -0.1) is 0 Å². The van der Waals surface area contributed by atoms with Crippen LogP contribution in [0.4, 0.5) is 10.1 Å². The zero-order valence-corrected chi connectivity index (χ0v) is 13.3. The van der Waals surface area contributed by atoms with Crippen LogP contribution in [0.15, 0.2) is 35.3 Å². The summed E-state index contributed by atoms with van der Waals surface area (Å²) in [7, 11) is 2.58. The van der Waals surface area contributed by atoms with Crippen molar-refractivity contribution in [1.82, 2.24) is 4.57 Å². The molecule has 1 unspecified atom stereocenters. The van der Waals surface area contributed by atoms with Gasteiger partial charge in [-0.25, -0.2) is 4.39 Å². The van der Waals surface area contributed by atoms with Crippen molar-refractivity contribution in [2.75, 3.05) is 7.11 Å². The van der Waals surface area contributed by atoms with Crippen LogP contribution in [-0.4, -0.2) is 22.6 Å². The van der Waals surface area contributed by atoms with E-state index in [1.54, 1.807) is 6.92 Å². The first-order valence-electron chi connectivity index (χ1n) is 6.99. The summed E-state index contributed by atoms with van der Waals surface area (Å²) in [6, 6.07) is 4.96. The van der Waals surface area contributed by atoms with E-state index in [-0.39, 0.29) is 16.8 Å². The van der Waals surface area contributed by atoms with E-state index >= 15 is 0 Å². The second kappa shape index (κ2) is 6.61. The fraction of sp³-hybridized carbons (Fsp3) is 0.250. The third-order valence-electron chi connectivity index (χ3n) is 3.72. The van der Waals surface area contributed by atoms with E-state index in [1.165, 1.54) is 26.3 Å². The lowest BCUT2D eigenvalue weighted by Crippen LogP contribution is -2.19. The molecule has 0 aliphatic carbocycles. The SMILES string of the molecule is COC(=O)C(C)c1ccc(-c2cc([N+](=O)[O-])cn(C)c2=O)c(F)c1. The molecule has 0 aliphatic rings. The molecule has 0 spiro atoms. The highest BCUT2D eigenvalue weighted by atomic mass is 19.1. The summed E-state index contributed by atoms with van der Waals surface area (Å²) in [5.41, 5.74) is -0.696. The van der Waals surface area contributed by atoms with Crippen molar-refractivity contribution in [2.24, 2.45) is 7.05 Å². The van der Waals surface area contributed by atoms with E-state index in [4.69, 9.17) is 0 Å². The number of ether oxygens (including phenoxy) is 1. The monoisotopic (exact) mass is 334 g/mol. The van der Waals surface area contributed by atoms with E-state index in [2.05, 4.69) is 4.74 Å². The van der Waals surface area contributed by atoms with Gasteiger partial charge in [0.1, 0.15) is 5.82 Å². The van der Waals surface area contributed by atoms with Crippen LogP contribution >= 0.6 is 0 Å². The lowest BCUT2D eigenvalue weighted by Gasteiger charge is -2.11. The number of aromatic nitrogens is 1. The molecule has 7 nitrogen and oxygen atoms in total. The van der Waals surface area contributed by atoms with Crippen LogP contribution in [0.5, 0.6) is 0 Å². The van der Waals surface area contributed by atoms with Crippen molar-refractivity contribution in [3.63, 3.8) is 0 Å². The van der Waals surface area contributed by atoms with Gasteiger partial charge in [0.05, 0.1) is 29.7 Å². The number of nitrogens with zero attached hydrogens (tertiary/aromatic N) is 2. The number of esters is 1. The molecule has 2 rings (SSSR count). The Bertz CT molecular complexity index is 875. The lowest BCUT2D eigenvalue weighted by molar-refractivity contribution is -0.385. The van der Waals surface area contributed by atoms with E-state index in [0.717, 1.165) is 22.9 Å². The molecule has 0 fully saturated rings. The number of halogens is 1. The molecule has 0 amide bonds. The predicted octanol–water partition coefficient (Wildman–Crippen LogP) is 2.38. The van der Waals surface area contributed by atoms with Crippen LogP contribution in [0, 0.1) is 15.9 Å². The second-order valence-electron chi connectivity index (χ2n) is 5.27. The molecule has 0 bridgehead atoms. The number of rotatable bonds is 4. The summed E-state index contributed by atoms with van der Waals surface area (Å²) in [5.74, 6) is -1.94. The number of pyridine rings is 1. The number of nitro groups is 1. The van der Waals surface area contributed by atoms with Gasteiger partial charge in [0, 0.05) is 18.7 Å². The Morgan fingerprint density at radius 1 is 1.33 bits per heavy atom. The van der Waals surface area contributed by atoms with Crippen LogP contribution in [-0.2, 0) is 16.6 Å². The quantitative estimate of drug-likeness (QED) is 0.486. The molecule has 24 heavy (non-hydrogen) atoms. The van der Waals surface area contributed by atoms with E-state index in [1.807, 2.05) is 0 Å². The minimum absolute atomic E-state index is 0.0693. The van der Waals surface area contributed by atoms with Gasteiger partial charge in [-0.1, -0.05) is 12.1 Å². The average Bonchev–Trinajstić information content (AvgIpc) is 2.55. The van der Waals surface area contributed by atoms with Crippen molar-refractivity contribution >= 4 is 11.7 Å². The molecule has 1 atom stereocenters. The summed E-state index contributed by atoms with van der Waals surface area (Å²) >= 11 is 0. The van der Waals surface area contributed by atoms with Crippen LogP contribution in [0.1, 0.15) is 18.4 Å². The highest BCUT2D eigenvalue weighted by Gasteiger charge is 2.20. The van der Waals surface area contributed by atoms with Crippen molar-refractivity contribution in [1.29, 1.82) is 0 Å². The Balaban J connectivity index is 2.57. The Kier molecular flexibility index (Phi) is 4.77. The summed E-state index contributed by atoms with van der Waals surface area (Å²) in [4.78, 5) is 34.0. The second-order valence-corrected chi connectivity index (χ2v) is 5.27. The largest absolute Gasteiger partial charge is 0.469 e. The smallest absolute Gasteiger partial charge is 0.312 e. The Morgan fingerprint density at radius 2 is 2.00 bits per heavy atom. The van der Waals surface area contributed by atoms with Crippen molar-refractivity contribution in [2.45, 2.75) is 12.8 Å². The standard InChI is InChI=1S/C16H15FN2O5/c1-9(16(21)24-3)10-4-5-12(14(17)6-10)13-7-11(19(22)23)8-18(2)15(13)20/h4-9H,1-3H3. The topological polar surface area (TPSA) is 91.4 Å². The van der Waals surface area contributed by atoms with Crippen LogP contribution in [0.3, 0.4) is 0 Å². The molecule has 1 aromatic carbocycles. The Hall–Kier alpha value is -3.03. The van der Waals surface area contributed by atoms with Crippen LogP contribution < -0.4 is 5.56 Å². The molecule has 0 radical (unpaired) electrons. The van der Waals surface area contributed by atoms with Gasteiger partial charge < -0.3 is 9.30 Å². The zero-order valence-electron chi connectivity index (χ0n) is 13.3. The molecule has 0 saturated carbocycles. The van der Waals surface area contributed by atoms with E-state index in [9.17, 15) is 24.1 Å². The first-order valence-corrected chi connectivity index (χ1v) is 6.99. The normalized spacial score (nSPS) is 11.8. The maximum absolute atomic E-state index is 14.4. The summed E-state index contributed by atoms with van der Waals surface area (Å²) in [6.07, 6.45) is 1.07. The van der Waals surface area contributed by atoms with Crippen molar-refractivity contribution < 1.29 is 18.8 Å². The number of carbonyl (C=O) groups excluding carboxylic acids is 1. The number of benzene rings is 1. The molecule has 126 valence electrons. The molecule has 0 saturated heterocycles. The van der Waals surface area contributed by atoms with Gasteiger partial charge in [-0.05, 0) is 18.6 Å². The molecule has 2 aromatic rings. The lowest BCUT2D eigenvalue weighted by atomic mass is 9.97. The van der Waals surface area contributed by atoms with Crippen LogP contribution in [0.25, 0.3) is 11.1 Å². The summed E-state index contributed by atoms with van der Waals surface area (Å²) in [5, 5.41) is 10.9. The van der Waals surface area contributed by atoms with Crippen LogP contribution in [0.2, 0.25) is 0 Å². The first kappa shape index (κ1) is 17.3. The Morgan fingerprint density at radius 3 is 2.54 bits per heavy atom. The first-order chi connectivity index (χ1) is 11.3. The highest BCUT2D eigenvalue weighted by molar-refractivity contribution is 5.78. The molecule has 0 N–H and O–H groups in total. The maximum Gasteiger partial charge on any atom is 0.312 e. The fourth-order valence-corrected chi connectivity index (χ4v) is 2.32. The van der Waals surface area contributed by atoms with E-state index < -0.39 is 28.2 Å². The summed E-state index contributed by atoms with van der Waals surface area (Å²) in [6.45, 7) is 1.56. The van der Waals surface area contributed by atoms with Gasteiger partial charge in [-0.3, -0.25) is 19.7 Å². The molecule has 1 aromatic heterocycles.